The average Bonchev–Trinajstić information content (AvgIpc) is 3.27. The van der Waals surface area contributed by atoms with Crippen LogP contribution in [0.15, 0.2) is 35.6 Å². The van der Waals surface area contributed by atoms with Crippen molar-refractivity contribution in [3.63, 3.8) is 0 Å². The summed E-state index contributed by atoms with van der Waals surface area (Å²) in [5.41, 5.74) is 2.53. The van der Waals surface area contributed by atoms with Gasteiger partial charge in [0, 0.05) is 13.0 Å². The van der Waals surface area contributed by atoms with Crippen LogP contribution in [-0.2, 0) is 6.42 Å². The number of thiophene rings is 1. The number of nitrogens with one attached hydrogen (secondary N) is 2. The maximum absolute atomic E-state index is 13.1. The third-order valence-corrected chi connectivity index (χ3v) is 5.62. The molecule has 26 heavy (non-hydrogen) atoms. The molecule has 0 spiro atoms. The summed E-state index contributed by atoms with van der Waals surface area (Å²) >= 11 is 1.41. The predicted molar refractivity (Wildman–Crippen MR) is 100 cm³/mol. The monoisotopic (exact) mass is 366 g/mol. The third kappa shape index (κ3) is 2.19. The standard InChI is InChI=1S/C18H15N5O2S/c1-2-19-16-13-14-15(26-17(13)21-8-20-16)18(24)23(9-22-14)11-3-4-12-10(7-11)5-6-25-12/h3-4,7-9H,2,5-6H2,1H3,(H,19,20,21)/p+1. The maximum atomic E-state index is 13.1. The fourth-order valence-corrected chi connectivity index (χ4v) is 4.37. The van der Waals surface area contributed by atoms with Gasteiger partial charge in [0.2, 0.25) is 0 Å². The molecule has 3 aromatic heterocycles. The van der Waals surface area contributed by atoms with Crippen LogP contribution in [0.2, 0.25) is 0 Å². The second-order valence-electron chi connectivity index (χ2n) is 6.08. The van der Waals surface area contributed by atoms with E-state index in [9.17, 15) is 4.79 Å². The van der Waals surface area contributed by atoms with Crippen LogP contribution in [0.1, 0.15) is 12.5 Å². The van der Waals surface area contributed by atoms with Gasteiger partial charge < -0.3 is 10.1 Å². The zero-order valence-electron chi connectivity index (χ0n) is 14.1. The third-order valence-electron chi connectivity index (χ3n) is 4.52. The van der Waals surface area contributed by atoms with Crippen molar-refractivity contribution in [3.05, 3.63) is 46.8 Å². The van der Waals surface area contributed by atoms with Gasteiger partial charge in [-0.05, 0) is 35.7 Å². The van der Waals surface area contributed by atoms with Crippen molar-refractivity contribution >= 4 is 37.6 Å². The number of hydrogen-bond acceptors (Lipinski definition) is 6. The molecular formula is C18H16N5O2S+. The summed E-state index contributed by atoms with van der Waals surface area (Å²) in [7, 11) is 0. The largest absolute Gasteiger partial charge is 0.493 e. The van der Waals surface area contributed by atoms with Gasteiger partial charge in [-0.25, -0.2) is 9.97 Å². The summed E-state index contributed by atoms with van der Waals surface area (Å²) in [5, 5.41) is 4.10. The van der Waals surface area contributed by atoms with Gasteiger partial charge in [-0.3, -0.25) is 9.36 Å². The van der Waals surface area contributed by atoms with E-state index in [1.807, 2.05) is 25.1 Å². The van der Waals surface area contributed by atoms with Gasteiger partial charge in [0.25, 0.3) is 17.7 Å². The fourth-order valence-electron chi connectivity index (χ4n) is 3.32. The van der Waals surface area contributed by atoms with Gasteiger partial charge in [-0.15, -0.1) is 0 Å². The lowest BCUT2D eigenvalue weighted by atomic mass is 10.1. The van der Waals surface area contributed by atoms with Crippen molar-refractivity contribution in [2.75, 3.05) is 18.5 Å². The Bertz CT molecular complexity index is 1210. The molecule has 4 heterocycles. The first-order valence-corrected chi connectivity index (χ1v) is 9.28. The Morgan fingerprint density at radius 3 is 3.19 bits per heavy atom. The highest BCUT2D eigenvalue weighted by Crippen LogP contribution is 2.32. The quantitative estimate of drug-likeness (QED) is 0.601. The van der Waals surface area contributed by atoms with E-state index in [1.165, 1.54) is 11.3 Å². The van der Waals surface area contributed by atoms with E-state index in [2.05, 4.69) is 20.3 Å². The van der Waals surface area contributed by atoms with Crippen molar-refractivity contribution in [2.24, 2.45) is 0 Å². The summed E-state index contributed by atoms with van der Waals surface area (Å²) < 4.78 is 7.75. The molecule has 0 saturated carbocycles. The molecule has 0 atom stereocenters. The number of aromatic amines is 1. The van der Waals surface area contributed by atoms with Crippen molar-refractivity contribution < 1.29 is 9.72 Å². The van der Waals surface area contributed by atoms with Crippen LogP contribution in [0.5, 0.6) is 5.75 Å². The molecule has 8 heteroatoms. The summed E-state index contributed by atoms with van der Waals surface area (Å²) in [6, 6.07) is 5.81. The molecule has 130 valence electrons. The van der Waals surface area contributed by atoms with Crippen LogP contribution >= 0.6 is 11.3 Å². The maximum Gasteiger partial charge on any atom is 0.287 e. The normalized spacial score (nSPS) is 13.1. The molecule has 0 aliphatic carbocycles. The number of anilines is 1. The molecule has 5 rings (SSSR count). The number of fused-ring (bicyclic) bond motifs is 4. The fraction of sp³-hybridized carbons (Fsp3) is 0.222. The number of H-pyrrole nitrogens is 1. The number of benzene rings is 1. The van der Waals surface area contributed by atoms with Crippen LogP contribution in [-0.4, -0.2) is 27.7 Å². The number of ether oxygens (including phenoxy) is 1. The number of hydrogen-bond donors (Lipinski definition) is 1. The minimum atomic E-state index is -0.0779. The Balaban J connectivity index is 1.74. The number of nitrogens with zero attached hydrogens (tertiary/aromatic N) is 3. The molecule has 1 aliphatic rings. The Hall–Kier alpha value is -3.00. The van der Waals surface area contributed by atoms with E-state index < -0.39 is 0 Å². The first-order valence-electron chi connectivity index (χ1n) is 8.47. The zero-order chi connectivity index (χ0) is 17.7. The van der Waals surface area contributed by atoms with E-state index in [-0.39, 0.29) is 5.56 Å². The van der Waals surface area contributed by atoms with Crippen LogP contribution in [0, 0.1) is 0 Å². The molecule has 0 fully saturated rings. The molecule has 0 amide bonds. The molecule has 0 bridgehead atoms. The lowest BCUT2D eigenvalue weighted by Crippen LogP contribution is -2.17. The molecule has 0 unspecified atom stereocenters. The van der Waals surface area contributed by atoms with Gasteiger partial charge in [0.15, 0.2) is 4.83 Å². The minimum Gasteiger partial charge on any atom is -0.493 e. The molecule has 1 aromatic carbocycles. The first kappa shape index (κ1) is 15.3. The summed E-state index contributed by atoms with van der Waals surface area (Å²) in [4.78, 5) is 26.1. The predicted octanol–water partition coefficient (Wildman–Crippen LogP) is 2.18. The van der Waals surface area contributed by atoms with E-state index in [4.69, 9.17) is 4.74 Å². The summed E-state index contributed by atoms with van der Waals surface area (Å²) in [5.74, 6) is 1.64. The van der Waals surface area contributed by atoms with Crippen LogP contribution in [0.3, 0.4) is 0 Å². The summed E-state index contributed by atoms with van der Waals surface area (Å²) in [6.45, 7) is 3.45. The molecule has 0 radical (unpaired) electrons. The molecule has 0 saturated heterocycles. The van der Waals surface area contributed by atoms with E-state index in [0.29, 0.717) is 16.8 Å². The summed E-state index contributed by atoms with van der Waals surface area (Å²) in [6.07, 6.45) is 4.09. The molecule has 4 aromatic rings. The smallest absolute Gasteiger partial charge is 0.287 e. The van der Waals surface area contributed by atoms with Gasteiger partial charge in [-0.1, -0.05) is 11.3 Å². The number of rotatable bonds is 3. The van der Waals surface area contributed by atoms with Crippen molar-refractivity contribution in [1.82, 2.24) is 14.5 Å². The van der Waals surface area contributed by atoms with E-state index >= 15 is 0 Å². The second-order valence-corrected chi connectivity index (χ2v) is 7.10. The van der Waals surface area contributed by atoms with Gasteiger partial charge in [0.1, 0.15) is 27.7 Å². The van der Waals surface area contributed by atoms with E-state index in [0.717, 1.165) is 46.0 Å². The Labute approximate surface area is 152 Å². The van der Waals surface area contributed by atoms with Crippen molar-refractivity contribution in [2.45, 2.75) is 13.3 Å². The average molecular weight is 366 g/mol. The van der Waals surface area contributed by atoms with Crippen LogP contribution in [0.25, 0.3) is 26.1 Å². The highest BCUT2D eigenvalue weighted by atomic mass is 32.1. The van der Waals surface area contributed by atoms with Gasteiger partial charge in [0.05, 0.1) is 12.3 Å². The Morgan fingerprint density at radius 2 is 2.31 bits per heavy atom. The topological polar surface area (TPSA) is 83.2 Å². The van der Waals surface area contributed by atoms with Gasteiger partial charge >= 0.3 is 0 Å². The van der Waals surface area contributed by atoms with Crippen molar-refractivity contribution in [3.8, 4) is 11.4 Å². The molecule has 1 aliphatic heterocycles. The lowest BCUT2D eigenvalue weighted by Gasteiger charge is -2.07. The number of aromatic nitrogens is 4. The van der Waals surface area contributed by atoms with Crippen LogP contribution < -0.4 is 20.6 Å². The Morgan fingerprint density at radius 1 is 1.38 bits per heavy atom. The highest BCUT2D eigenvalue weighted by Gasteiger charge is 2.21. The van der Waals surface area contributed by atoms with Crippen molar-refractivity contribution in [1.29, 1.82) is 0 Å². The van der Waals surface area contributed by atoms with E-state index in [1.54, 1.807) is 17.2 Å². The SMILES string of the molecule is CCNc1nc[nH+]c2sc3c(=O)n(-c4ccc5c(c4)CCO5)cnc3c12. The zero-order valence-corrected chi connectivity index (χ0v) is 14.9. The van der Waals surface area contributed by atoms with Gasteiger partial charge in [-0.2, -0.15) is 0 Å². The highest BCUT2D eigenvalue weighted by molar-refractivity contribution is 7.25. The minimum absolute atomic E-state index is 0.0779. The first-order chi connectivity index (χ1) is 12.8. The molecule has 2 N–H and O–H groups in total. The Kier molecular flexibility index (Phi) is 3.39. The molecule has 7 nitrogen and oxygen atoms in total. The second kappa shape index (κ2) is 5.77. The lowest BCUT2D eigenvalue weighted by molar-refractivity contribution is -0.346. The van der Waals surface area contributed by atoms with Crippen LogP contribution in [0.4, 0.5) is 5.82 Å². The molecular weight excluding hydrogens is 350 g/mol.